The van der Waals surface area contributed by atoms with E-state index in [1.807, 2.05) is 25.1 Å². The van der Waals surface area contributed by atoms with Crippen LogP contribution in [0, 0.1) is 22.7 Å². The zero-order valence-corrected chi connectivity index (χ0v) is 21.6. The van der Waals surface area contributed by atoms with E-state index in [1.165, 1.54) is 5.56 Å². The molecule has 2 heterocycles. The van der Waals surface area contributed by atoms with Gasteiger partial charge in [-0.25, -0.2) is 4.79 Å². The fourth-order valence-corrected chi connectivity index (χ4v) is 8.70. The lowest BCUT2D eigenvalue weighted by Gasteiger charge is -2.61. The Balaban J connectivity index is 1.28. The van der Waals surface area contributed by atoms with Gasteiger partial charge in [0.2, 0.25) is 5.91 Å². The van der Waals surface area contributed by atoms with E-state index in [9.17, 15) is 29.7 Å². The number of phenols is 2. The molecule has 0 aromatic heterocycles. The van der Waals surface area contributed by atoms with Crippen molar-refractivity contribution in [2.24, 2.45) is 22.7 Å². The second kappa shape index (κ2) is 8.30. The smallest absolute Gasteiger partial charge is 0.339 e. The van der Waals surface area contributed by atoms with Crippen LogP contribution in [0.5, 0.6) is 11.5 Å². The summed E-state index contributed by atoms with van der Waals surface area (Å²) < 4.78 is 6.63. The molecule has 3 aliphatic carbocycles. The predicted octanol–water partition coefficient (Wildman–Crippen LogP) is 4.85. The van der Waals surface area contributed by atoms with Crippen LogP contribution in [-0.4, -0.2) is 44.7 Å². The van der Waals surface area contributed by atoms with Gasteiger partial charge in [0.15, 0.2) is 5.75 Å². The van der Waals surface area contributed by atoms with Gasteiger partial charge < -0.3 is 25.4 Å². The van der Waals surface area contributed by atoms with Gasteiger partial charge in [0.1, 0.15) is 22.8 Å². The molecular formula is C30H33NO7. The van der Waals surface area contributed by atoms with Crippen molar-refractivity contribution < 1.29 is 34.4 Å². The molecule has 8 nitrogen and oxygen atoms in total. The van der Waals surface area contributed by atoms with Crippen molar-refractivity contribution in [2.75, 3.05) is 5.32 Å². The van der Waals surface area contributed by atoms with Gasteiger partial charge in [-0.3, -0.25) is 9.59 Å². The summed E-state index contributed by atoms with van der Waals surface area (Å²) in [5, 5.41) is 32.2. The van der Waals surface area contributed by atoms with E-state index >= 15 is 0 Å². The molecule has 4 bridgehead atoms. The Morgan fingerprint density at radius 2 is 1.84 bits per heavy atom. The average Bonchev–Trinajstić information content (AvgIpc) is 3.24. The van der Waals surface area contributed by atoms with E-state index < -0.39 is 34.4 Å². The highest BCUT2D eigenvalue weighted by molar-refractivity contribution is 6.00. The van der Waals surface area contributed by atoms with E-state index in [-0.39, 0.29) is 46.8 Å². The van der Waals surface area contributed by atoms with Crippen LogP contribution in [0.2, 0.25) is 0 Å². The molecule has 8 heteroatoms. The summed E-state index contributed by atoms with van der Waals surface area (Å²) in [5.74, 6) is -2.31. The third-order valence-electron chi connectivity index (χ3n) is 10.2. The molecule has 0 unspecified atom stereocenters. The molecule has 2 aliphatic heterocycles. The maximum atomic E-state index is 13.9. The van der Waals surface area contributed by atoms with Gasteiger partial charge in [-0.05, 0) is 67.6 Å². The van der Waals surface area contributed by atoms with Crippen molar-refractivity contribution in [1.82, 2.24) is 0 Å². The maximum absolute atomic E-state index is 13.9. The number of carboxylic acid groups (broad SMARTS) is 1. The Hall–Kier alpha value is -3.39. The summed E-state index contributed by atoms with van der Waals surface area (Å²) >= 11 is 0. The lowest BCUT2D eigenvalue weighted by atomic mass is 9.44. The van der Waals surface area contributed by atoms with Crippen LogP contribution in [-0.2, 0) is 14.3 Å². The normalized spacial score (nSPS) is 36.7. The molecule has 0 radical (unpaired) electrons. The van der Waals surface area contributed by atoms with E-state index in [2.05, 4.69) is 24.4 Å². The molecule has 2 saturated heterocycles. The van der Waals surface area contributed by atoms with Crippen molar-refractivity contribution in [2.45, 2.75) is 70.0 Å². The van der Waals surface area contributed by atoms with Crippen molar-refractivity contribution in [1.29, 1.82) is 0 Å². The molecule has 5 aliphatic rings. The molecule has 200 valence electrons. The van der Waals surface area contributed by atoms with Crippen LogP contribution in [0.4, 0.5) is 5.69 Å². The Kier molecular flexibility index (Phi) is 5.44. The molecule has 1 spiro atoms. The second-order valence-corrected chi connectivity index (χ2v) is 12.2. The highest BCUT2D eigenvalue weighted by atomic mass is 16.5. The van der Waals surface area contributed by atoms with Crippen molar-refractivity contribution in [3.05, 3.63) is 53.6 Å². The summed E-state index contributed by atoms with van der Waals surface area (Å²) in [4.78, 5) is 38.3. The fourth-order valence-electron chi connectivity index (χ4n) is 8.70. The molecule has 38 heavy (non-hydrogen) atoms. The number of Topliss-reactive ketones (excluding diaryl/α,β-unsaturated/α-hetero) is 1. The molecule has 4 N–H and O–H groups in total. The number of carbonyl (C=O) groups is 3. The molecule has 1 amide bonds. The molecule has 5 fully saturated rings. The number of benzene rings is 2. The SMILES string of the molecule is C[C@]12C[C@]34C[C@H]1C[C@H](O2)[C@H]3[C@](C)(CCC(=O)Nc1c(O)ccc(C(=O)O)c1O)C(=O)C[C@@H]4c1ccccc1. The predicted molar refractivity (Wildman–Crippen MR) is 138 cm³/mol. The zero-order valence-electron chi connectivity index (χ0n) is 21.6. The maximum Gasteiger partial charge on any atom is 0.339 e. The van der Waals surface area contributed by atoms with Crippen LogP contribution in [0.15, 0.2) is 42.5 Å². The number of ketones is 1. The van der Waals surface area contributed by atoms with Gasteiger partial charge in [-0.1, -0.05) is 37.3 Å². The number of hydrogen-bond donors (Lipinski definition) is 4. The number of carboxylic acids is 1. The quantitative estimate of drug-likeness (QED) is 0.401. The summed E-state index contributed by atoms with van der Waals surface area (Å²) in [6.07, 6.45) is 3.53. The lowest BCUT2D eigenvalue weighted by Crippen LogP contribution is -2.61. The summed E-state index contributed by atoms with van der Waals surface area (Å²) in [6, 6.07) is 12.5. The number of anilines is 1. The first kappa shape index (κ1) is 24.9. The standard InChI is InChI=1S/C30H33NO7/c1-28(11-10-23(34)31-24-20(32)9-8-18(25(24)35)27(36)37)22(33)13-19(16-6-4-3-5-7-16)30-14-17-12-21(26(28)30)38-29(17,2)15-30/h3-9,17,19,21,26,32,35H,10-15H2,1-2H3,(H,31,34)(H,36,37)/t17-,19-,21+,26+,28-,29+,30+/m1/s1. The Morgan fingerprint density at radius 1 is 1.11 bits per heavy atom. The first-order valence-electron chi connectivity index (χ1n) is 13.3. The topological polar surface area (TPSA) is 133 Å². The lowest BCUT2D eigenvalue weighted by molar-refractivity contribution is -0.196. The third-order valence-corrected chi connectivity index (χ3v) is 10.2. The molecule has 2 aromatic rings. The highest BCUT2D eigenvalue weighted by Crippen LogP contribution is 2.76. The second-order valence-electron chi connectivity index (χ2n) is 12.2. The van der Waals surface area contributed by atoms with Crippen molar-refractivity contribution in [3.8, 4) is 11.5 Å². The molecular weight excluding hydrogens is 486 g/mol. The fraction of sp³-hybridized carbons (Fsp3) is 0.500. The van der Waals surface area contributed by atoms with E-state index in [0.29, 0.717) is 18.8 Å². The first-order chi connectivity index (χ1) is 18.0. The summed E-state index contributed by atoms with van der Waals surface area (Å²) in [6.45, 7) is 4.20. The van der Waals surface area contributed by atoms with Crippen molar-refractivity contribution in [3.63, 3.8) is 0 Å². The Labute approximate surface area is 221 Å². The zero-order chi connectivity index (χ0) is 27.0. The van der Waals surface area contributed by atoms with E-state index in [4.69, 9.17) is 4.74 Å². The number of aromatic hydroxyl groups is 2. The van der Waals surface area contributed by atoms with Gasteiger partial charge in [0.25, 0.3) is 0 Å². The first-order valence-corrected chi connectivity index (χ1v) is 13.3. The minimum absolute atomic E-state index is 0.0155. The minimum Gasteiger partial charge on any atom is -0.506 e. The molecule has 7 rings (SSSR count). The van der Waals surface area contributed by atoms with Gasteiger partial charge in [-0.15, -0.1) is 0 Å². The third kappa shape index (κ3) is 3.42. The van der Waals surface area contributed by atoms with Crippen LogP contribution in [0.1, 0.15) is 74.2 Å². The van der Waals surface area contributed by atoms with Gasteiger partial charge in [-0.2, -0.15) is 0 Å². The number of carbonyl (C=O) groups excluding carboxylic acids is 2. The average molecular weight is 520 g/mol. The summed E-state index contributed by atoms with van der Waals surface area (Å²) in [5.41, 5.74) is -0.586. The highest BCUT2D eigenvalue weighted by Gasteiger charge is 2.75. The van der Waals surface area contributed by atoms with Crippen LogP contribution >= 0.6 is 0 Å². The Bertz CT molecular complexity index is 1340. The largest absolute Gasteiger partial charge is 0.506 e. The number of phenolic OH excluding ortho intramolecular Hbond substituents is 1. The number of amides is 1. The minimum atomic E-state index is -1.38. The van der Waals surface area contributed by atoms with Gasteiger partial charge in [0, 0.05) is 24.2 Å². The number of ether oxygens (including phenoxy) is 1. The van der Waals surface area contributed by atoms with Crippen molar-refractivity contribution >= 4 is 23.3 Å². The van der Waals surface area contributed by atoms with Crippen LogP contribution in [0.25, 0.3) is 0 Å². The van der Waals surface area contributed by atoms with Gasteiger partial charge in [0.05, 0.1) is 11.7 Å². The molecule has 7 atom stereocenters. The van der Waals surface area contributed by atoms with Gasteiger partial charge >= 0.3 is 5.97 Å². The number of nitrogens with one attached hydrogen (secondary N) is 1. The Morgan fingerprint density at radius 3 is 2.53 bits per heavy atom. The van der Waals surface area contributed by atoms with Crippen LogP contribution < -0.4 is 5.32 Å². The monoisotopic (exact) mass is 519 g/mol. The van der Waals surface area contributed by atoms with E-state index in [0.717, 1.165) is 31.4 Å². The molecule has 2 aromatic carbocycles. The van der Waals surface area contributed by atoms with E-state index in [1.54, 1.807) is 0 Å². The number of hydrogen-bond acceptors (Lipinski definition) is 6. The molecule has 3 saturated carbocycles. The summed E-state index contributed by atoms with van der Waals surface area (Å²) in [7, 11) is 0. The van der Waals surface area contributed by atoms with Crippen LogP contribution in [0.3, 0.4) is 0 Å². The number of aromatic carboxylic acids is 1. The number of rotatable bonds is 6.